The van der Waals surface area contributed by atoms with Crippen molar-refractivity contribution in [3.63, 3.8) is 0 Å². The van der Waals surface area contributed by atoms with Crippen LogP contribution >= 0.6 is 11.3 Å². The summed E-state index contributed by atoms with van der Waals surface area (Å²) < 4.78 is 37.9. The van der Waals surface area contributed by atoms with E-state index in [2.05, 4.69) is 9.72 Å². The zero-order valence-corrected chi connectivity index (χ0v) is 9.61. The van der Waals surface area contributed by atoms with Crippen molar-refractivity contribution in [2.45, 2.75) is 18.1 Å². The van der Waals surface area contributed by atoms with Crippen molar-refractivity contribution in [2.75, 3.05) is 6.61 Å². The van der Waals surface area contributed by atoms with Crippen LogP contribution in [-0.4, -0.2) is 26.0 Å². The summed E-state index contributed by atoms with van der Waals surface area (Å²) in [6.45, 7) is 3.10. The van der Waals surface area contributed by atoms with Crippen molar-refractivity contribution in [3.8, 4) is 0 Å². The second-order valence-electron chi connectivity index (χ2n) is 2.53. The number of rotatable bonds is 3. The molecule has 0 unspecified atom stereocenters. The molecule has 0 bridgehead atoms. The summed E-state index contributed by atoms with van der Waals surface area (Å²) in [5.74, 6) is -0.932. The predicted octanol–water partition coefficient (Wildman–Crippen LogP) is 1.29. The van der Waals surface area contributed by atoms with Crippen LogP contribution in [0.15, 0.2) is 4.21 Å². The summed E-state index contributed by atoms with van der Waals surface area (Å²) >= 11 is 0.601. The Morgan fingerprint density at radius 3 is 2.67 bits per heavy atom. The number of halogens is 1. The average Bonchev–Trinajstić information content (AvgIpc) is 2.47. The smallest absolute Gasteiger partial charge is 0.359 e. The first kappa shape index (κ1) is 12.1. The molecule has 0 radical (unpaired) electrons. The van der Waals surface area contributed by atoms with Gasteiger partial charge in [0, 0.05) is 0 Å². The van der Waals surface area contributed by atoms with Crippen molar-refractivity contribution in [1.82, 2.24) is 4.98 Å². The predicted molar refractivity (Wildman–Crippen MR) is 51.1 cm³/mol. The van der Waals surface area contributed by atoms with Crippen molar-refractivity contribution < 1.29 is 21.8 Å². The largest absolute Gasteiger partial charge is 0.461 e. The molecule has 0 fully saturated rings. The molecule has 0 atom stereocenters. The van der Waals surface area contributed by atoms with Gasteiger partial charge in [-0.2, -0.15) is 8.42 Å². The number of hydrogen-bond donors (Lipinski definition) is 0. The van der Waals surface area contributed by atoms with Crippen LogP contribution in [-0.2, 0) is 15.0 Å². The van der Waals surface area contributed by atoms with Gasteiger partial charge >= 0.3 is 16.2 Å². The molecule has 0 aliphatic heterocycles. The lowest BCUT2D eigenvalue weighted by Crippen LogP contribution is -2.08. The van der Waals surface area contributed by atoms with E-state index in [1.807, 2.05) is 0 Å². The second-order valence-corrected chi connectivity index (χ2v) is 5.27. The van der Waals surface area contributed by atoms with Gasteiger partial charge in [0.1, 0.15) is 0 Å². The third-order valence-corrected chi connectivity index (χ3v) is 3.64. The SMILES string of the molecule is CCOC(=O)c1nc(C)sc1S(=O)(=O)F. The highest BCUT2D eigenvalue weighted by Gasteiger charge is 2.27. The van der Waals surface area contributed by atoms with Crippen molar-refractivity contribution in [3.05, 3.63) is 10.7 Å². The van der Waals surface area contributed by atoms with E-state index in [9.17, 15) is 17.1 Å². The molecule has 84 valence electrons. The van der Waals surface area contributed by atoms with E-state index < -0.39 is 26.1 Å². The number of thiazole rings is 1. The van der Waals surface area contributed by atoms with E-state index >= 15 is 0 Å². The van der Waals surface area contributed by atoms with Gasteiger partial charge in [0.15, 0.2) is 9.90 Å². The number of carbonyl (C=O) groups is 1. The fourth-order valence-electron chi connectivity index (χ4n) is 0.902. The maximum Gasteiger partial charge on any atom is 0.359 e. The van der Waals surface area contributed by atoms with E-state index in [1.165, 1.54) is 6.92 Å². The molecular weight excluding hydrogens is 245 g/mol. The van der Waals surface area contributed by atoms with Crippen LogP contribution in [0.5, 0.6) is 0 Å². The fraction of sp³-hybridized carbons (Fsp3) is 0.429. The van der Waals surface area contributed by atoms with Gasteiger partial charge in [-0.3, -0.25) is 0 Å². The molecule has 0 saturated heterocycles. The van der Waals surface area contributed by atoms with E-state index in [0.29, 0.717) is 11.3 Å². The lowest BCUT2D eigenvalue weighted by atomic mass is 10.5. The molecule has 1 rings (SSSR count). The van der Waals surface area contributed by atoms with Crippen LogP contribution in [0, 0.1) is 6.92 Å². The van der Waals surface area contributed by atoms with Crippen molar-refractivity contribution in [1.29, 1.82) is 0 Å². The lowest BCUT2D eigenvalue weighted by Gasteiger charge is -1.98. The highest BCUT2D eigenvalue weighted by Crippen LogP contribution is 2.25. The molecule has 5 nitrogen and oxygen atoms in total. The average molecular weight is 253 g/mol. The Bertz CT molecular complexity index is 479. The van der Waals surface area contributed by atoms with Gasteiger partial charge in [-0.1, -0.05) is 3.89 Å². The highest BCUT2D eigenvalue weighted by molar-refractivity contribution is 7.88. The Morgan fingerprint density at radius 1 is 1.60 bits per heavy atom. The normalized spacial score (nSPS) is 11.4. The Hall–Kier alpha value is -1.02. The number of ether oxygens (including phenoxy) is 1. The summed E-state index contributed by atoms with van der Waals surface area (Å²) in [4.78, 5) is 14.8. The van der Waals surface area contributed by atoms with Gasteiger partial charge in [-0.05, 0) is 13.8 Å². The Balaban J connectivity index is 3.24. The van der Waals surface area contributed by atoms with Gasteiger partial charge in [0.25, 0.3) is 0 Å². The third kappa shape index (κ3) is 2.72. The summed E-state index contributed by atoms with van der Waals surface area (Å²) in [6.07, 6.45) is 0. The standard InChI is InChI=1S/C7H8FNO4S2/c1-3-13-6(10)5-7(15(8,11)12)14-4(2)9-5/h3H2,1-2H3. The zero-order valence-electron chi connectivity index (χ0n) is 7.98. The molecule has 0 aliphatic rings. The van der Waals surface area contributed by atoms with E-state index in [0.717, 1.165) is 0 Å². The van der Waals surface area contributed by atoms with Crippen LogP contribution in [0.3, 0.4) is 0 Å². The maximum absolute atomic E-state index is 12.7. The Morgan fingerprint density at radius 2 is 2.20 bits per heavy atom. The topological polar surface area (TPSA) is 73.3 Å². The molecule has 0 aromatic carbocycles. The first-order chi connectivity index (χ1) is 6.86. The first-order valence-electron chi connectivity index (χ1n) is 3.95. The number of aromatic nitrogens is 1. The number of aryl methyl sites for hydroxylation is 1. The molecule has 1 heterocycles. The summed E-state index contributed by atoms with van der Waals surface area (Å²) in [5.41, 5.74) is -0.484. The summed E-state index contributed by atoms with van der Waals surface area (Å²) in [5, 5.41) is 0.286. The van der Waals surface area contributed by atoms with Crippen LogP contribution in [0.4, 0.5) is 3.89 Å². The van der Waals surface area contributed by atoms with Gasteiger partial charge in [0.05, 0.1) is 11.6 Å². The molecule has 1 aromatic rings. The van der Waals surface area contributed by atoms with Crippen molar-refractivity contribution >= 4 is 27.5 Å². The molecule has 8 heteroatoms. The van der Waals surface area contributed by atoms with Gasteiger partial charge in [-0.25, -0.2) is 9.78 Å². The molecule has 0 N–H and O–H groups in total. The molecule has 0 aliphatic carbocycles. The number of esters is 1. The minimum atomic E-state index is -4.92. The third-order valence-electron chi connectivity index (χ3n) is 1.39. The van der Waals surface area contributed by atoms with Crippen LogP contribution < -0.4 is 0 Å². The van der Waals surface area contributed by atoms with Gasteiger partial charge < -0.3 is 4.74 Å². The van der Waals surface area contributed by atoms with Crippen LogP contribution in [0.1, 0.15) is 22.4 Å². The van der Waals surface area contributed by atoms with E-state index in [4.69, 9.17) is 0 Å². The molecule has 0 amide bonds. The van der Waals surface area contributed by atoms with Gasteiger partial charge in [-0.15, -0.1) is 11.3 Å². The summed E-state index contributed by atoms with van der Waals surface area (Å²) in [6, 6.07) is 0. The highest BCUT2D eigenvalue weighted by atomic mass is 32.3. The molecule has 0 saturated carbocycles. The van der Waals surface area contributed by atoms with Crippen molar-refractivity contribution in [2.24, 2.45) is 0 Å². The lowest BCUT2D eigenvalue weighted by molar-refractivity contribution is 0.0515. The minimum Gasteiger partial charge on any atom is -0.461 e. The van der Waals surface area contributed by atoms with E-state index in [1.54, 1.807) is 6.92 Å². The Labute approximate surface area is 90.1 Å². The van der Waals surface area contributed by atoms with Gasteiger partial charge in [0.2, 0.25) is 0 Å². The Kier molecular flexibility index (Phi) is 3.40. The quantitative estimate of drug-likeness (QED) is 0.599. The molecule has 0 spiro atoms. The molecule has 1 aromatic heterocycles. The maximum atomic E-state index is 12.7. The number of hydrogen-bond acceptors (Lipinski definition) is 6. The fourth-order valence-corrected chi connectivity index (χ4v) is 2.65. The van der Waals surface area contributed by atoms with Crippen LogP contribution in [0.2, 0.25) is 0 Å². The van der Waals surface area contributed by atoms with Crippen LogP contribution in [0.25, 0.3) is 0 Å². The molecular formula is C7H8FNO4S2. The minimum absolute atomic E-state index is 0.0706. The first-order valence-corrected chi connectivity index (χ1v) is 6.15. The zero-order chi connectivity index (χ0) is 11.6. The number of nitrogens with zero attached hydrogens (tertiary/aromatic N) is 1. The summed E-state index contributed by atoms with van der Waals surface area (Å²) in [7, 11) is -4.92. The van der Waals surface area contributed by atoms with E-state index in [-0.39, 0.29) is 11.6 Å². The molecule has 15 heavy (non-hydrogen) atoms. The number of carbonyl (C=O) groups excluding carboxylic acids is 1. The second kappa shape index (κ2) is 4.23. The monoisotopic (exact) mass is 253 g/mol.